The molecule has 0 saturated carbocycles. The summed E-state index contributed by atoms with van der Waals surface area (Å²) in [5, 5.41) is 10.1. The third-order valence-corrected chi connectivity index (χ3v) is 7.76. The van der Waals surface area contributed by atoms with Gasteiger partial charge in [0, 0.05) is 18.2 Å². The van der Waals surface area contributed by atoms with Gasteiger partial charge >= 0.3 is 35.1 Å². The number of carbonyl (C=O) groups excluding carboxylic acids is 1. The summed E-state index contributed by atoms with van der Waals surface area (Å²) in [5.41, 5.74) is 4.84. The number of aromatic nitrogens is 2. The van der Waals surface area contributed by atoms with Gasteiger partial charge in [-0.05, 0) is 0 Å². The van der Waals surface area contributed by atoms with Gasteiger partial charge in [-0.2, -0.15) is 13.6 Å². The van der Waals surface area contributed by atoms with E-state index in [2.05, 4.69) is 22.9 Å². The van der Waals surface area contributed by atoms with Crippen LogP contribution in [-0.2, 0) is 47.5 Å². The minimum absolute atomic E-state index is 0.122. The molecule has 1 aliphatic heterocycles. The van der Waals surface area contributed by atoms with Crippen molar-refractivity contribution in [3.05, 3.63) is 22.2 Å². The Morgan fingerprint density at radius 1 is 1.24 bits per heavy atom. The van der Waals surface area contributed by atoms with Crippen LogP contribution in [0.1, 0.15) is 18.2 Å². The summed E-state index contributed by atoms with van der Waals surface area (Å²) in [6.07, 6.45) is -3.33. The molecule has 1 aromatic rings. The van der Waals surface area contributed by atoms with Gasteiger partial charge in [-0.3, -0.25) is 13.9 Å². The Hall–Kier alpha value is -1.52. The van der Waals surface area contributed by atoms with Crippen molar-refractivity contribution >= 4 is 35.3 Å². The molecule has 33 heavy (non-hydrogen) atoms. The van der Waals surface area contributed by atoms with Crippen molar-refractivity contribution < 1.29 is 65.8 Å². The second-order valence-electron chi connectivity index (χ2n) is 6.41. The van der Waals surface area contributed by atoms with Gasteiger partial charge in [0.2, 0.25) is 0 Å². The molecule has 188 valence electrons. The first-order valence-corrected chi connectivity index (χ1v) is 13.1. The quantitative estimate of drug-likeness (QED) is 0.146. The molecular weight excluding hydrogens is 519 g/mol. The zero-order valence-corrected chi connectivity index (χ0v) is 19.2. The van der Waals surface area contributed by atoms with Gasteiger partial charge < -0.3 is 39.9 Å². The lowest BCUT2D eigenvalue weighted by atomic mass is 10.2. The van der Waals surface area contributed by atoms with E-state index in [0.29, 0.717) is 0 Å². The molecule has 2 rings (SSSR count). The van der Waals surface area contributed by atoms with Crippen LogP contribution in [0.2, 0.25) is 0 Å². The van der Waals surface area contributed by atoms with Crippen molar-refractivity contribution in [2.75, 3.05) is 19.5 Å². The molecule has 0 spiro atoms. The Kier molecular flexibility index (Phi) is 8.73. The smallest absolute Gasteiger partial charge is 0.469 e. The summed E-state index contributed by atoms with van der Waals surface area (Å²) >= 11 is 0. The number of hydrogen-bond donors (Lipinski definition) is 6. The fourth-order valence-corrected chi connectivity index (χ4v) is 5.63. The van der Waals surface area contributed by atoms with E-state index in [0.717, 1.165) is 17.9 Å². The highest BCUT2D eigenvalue weighted by Crippen LogP contribution is 2.66. The monoisotopic (exact) mass is 539 g/mol. The third kappa shape index (κ3) is 8.33. The van der Waals surface area contributed by atoms with Crippen molar-refractivity contribution in [3.8, 4) is 0 Å². The van der Waals surface area contributed by atoms with E-state index in [9.17, 15) is 33.3 Å². The third-order valence-electron chi connectivity index (χ3n) is 3.96. The molecule has 1 aromatic heterocycles. The summed E-state index contributed by atoms with van der Waals surface area (Å²) in [4.78, 5) is 62.8. The lowest BCUT2D eigenvalue weighted by Gasteiger charge is -2.19. The molecule has 0 bridgehead atoms. The molecule has 0 aliphatic carbocycles. The number of hydrogen-bond acceptors (Lipinski definition) is 13. The van der Waals surface area contributed by atoms with Crippen LogP contribution >= 0.6 is 23.5 Å². The van der Waals surface area contributed by atoms with Gasteiger partial charge in [0.15, 0.2) is 0 Å². The van der Waals surface area contributed by atoms with Crippen LogP contribution in [0.4, 0.5) is 5.82 Å². The van der Waals surface area contributed by atoms with Gasteiger partial charge in [0.25, 0.3) is 0 Å². The number of phosphoric ester groups is 1. The van der Waals surface area contributed by atoms with Crippen molar-refractivity contribution in [1.82, 2.24) is 9.55 Å². The van der Waals surface area contributed by atoms with Crippen molar-refractivity contribution in [2.45, 2.75) is 31.3 Å². The predicted octanol–water partition coefficient (Wildman–Crippen LogP) is -1.47. The molecule has 0 amide bonds. The standard InChI is InChI=1S/C12H20N3O15P3/c1-26-10(17)2-6-4-15(12(18)14-11(6)13)9-3-7(16)8(28-9)5-27-32(22,23)30-33(24,25)29-31(19,20)21/h4,7-9,16H,2-3,5H2,1H3,(H,22,23)(H,24,25)(H2,13,14,18)(H2,19,20,21)/t7-,8+,9+/m0/s1. The van der Waals surface area contributed by atoms with Gasteiger partial charge in [-0.1, -0.05) is 0 Å². The predicted molar refractivity (Wildman–Crippen MR) is 103 cm³/mol. The number of nitrogen functional groups attached to an aromatic ring is 1. The maximum Gasteiger partial charge on any atom is 0.490 e. The van der Waals surface area contributed by atoms with Crippen molar-refractivity contribution in [2.24, 2.45) is 0 Å². The number of anilines is 1. The fraction of sp³-hybridized carbons (Fsp3) is 0.583. The van der Waals surface area contributed by atoms with E-state index < -0.39 is 60.2 Å². The number of phosphoric acid groups is 3. The molecule has 5 atom stereocenters. The number of rotatable bonds is 10. The first-order valence-electron chi connectivity index (χ1n) is 8.58. The SMILES string of the molecule is COC(=O)Cc1cn([C@H]2C[C@H](O)[C@@H](COP(=O)(O)OP(=O)(O)OP(=O)(O)O)O2)c(=O)nc1N. The Labute approximate surface area is 184 Å². The molecule has 0 aromatic carbocycles. The number of nitrogens with two attached hydrogens (primary N) is 1. The number of methoxy groups -OCH3 is 1. The number of ether oxygens (including phenoxy) is 2. The van der Waals surface area contributed by atoms with Crippen molar-refractivity contribution in [1.29, 1.82) is 0 Å². The fourth-order valence-electron chi connectivity index (χ4n) is 2.60. The van der Waals surface area contributed by atoms with Crippen LogP contribution in [0.25, 0.3) is 0 Å². The van der Waals surface area contributed by atoms with E-state index in [4.69, 9.17) is 25.2 Å². The average Bonchev–Trinajstić information content (AvgIpc) is 2.99. The highest BCUT2D eigenvalue weighted by atomic mass is 31.3. The topological polar surface area (TPSA) is 276 Å². The first-order chi connectivity index (χ1) is 15.0. The summed E-state index contributed by atoms with van der Waals surface area (Å²) < 4.78 is 56.1. The maximum atomic E-state index is 12.2. The van der Waals surface area contributed by atoms with Crippen LogP contribution < -0.4 is 11.4 Å². The summed E-state index contributed by atoms with van der Waals surface area (Å²) in [6.45, 7) is -0.923. The highest BCUT2D eigenvalue weighted by molar-refractivity contribution is 7.66. The highest BCUT2D eigenvalue weighted by Gasteiger charge is 2.43. The molecule has 1 aliphatic rings. The zero-order valence-electron chi connectivity index (χ0n) is 16.6. The minimum Gasteiger partial charge on any atom is -0.469 e. The zero-order chi connectivity index (χ0) is 25.2. The summed E-state index contributed by atoms with van der Waals surface area (Å²) in [6, 6.07) is 0. The molecule has 1 saturated heterocycles. The van der Waals surface area contributed by atoms with E-state index in [1.54, 1.807) is 0 Å². The Morgan fingerprint density at radius 2 is 1.88 bits per heavy atom. The molecule has 2 heterocycles. The Bertz CT molecular complexity index is 1090. The van der Waals surface area contributed by atoms with Gasteiger partial charge in [-0.15, -0.1) is 0 Å². The molecular formula is C12H20N3O15P3. The summed E-state index contributed by atoms with van der Waals surface area (Å²) in [7, 11) is -15.6. The number of aliphatic hydroxyl groups excluding tert-OH is 1. The molecule has 0 radical (unpaired) electrons. The molecule has 21 heteroatoms. The van der Waals surface area contributed by atoms with E-state index >= 15 is 0 Å². The van der Waals surface area contributed by atoms with Crippen LogP contribution in [0, 0.1) is 0 Å². The molecule has 2 unspecified atom stereocenters. The Balaban J connectivity index is 2.08. The van der Waals surface area contributed by atoms with Crippen molar-refractivity contribution in [3.63, 3.8) is 0 Å². The van der Waals surface area contributed by atoms with Gasteiger partial charge in [0.05, 0.1) is 26.2 Å². The lowest BCUT2D eigenvalue weighted by Crippen LogP contribution is -2.29. The molecule has 7 N–H and O–H groups in total. The van der Waals surface area contributed by atoms with Crippen LogP contribution in [0.15, 0.2) is 11.0 Å². The van der Waals surface area contributed by atoms with Gasteiger partial charge in [-0.25, -0.2) is 18.5 Å². The molecule has 1 fully saturated rings. The molecule has 18 nitrogen and oxygen atoms in total. The number of esters is 1. The van der Waals surface area contributed by atoms with Crippen LogP contribution in [-0.4, -0.2) is 66.1 Å². The number of nitrogens with zero attached hydrogens (tertiary/aromatic N) is 2. The Morgan fingerprint density at radius 3 is 2.45 bits per heavy atom. The second-order valence-corrected chi connectivity index (χ2v) is 10.8. The summed E-state index contributed by atoms with van der Waals surface area (Å²) in [5.74, 6) is -0.903. The number of carbonyl (C=O) groups is 1. The minimum atomic E-state index is -5.71. The second kappa shape index (κ2) is 10.4. The largest absolute Gasteiger partial charge is 0.490 e. The lowest BCUT2D eigenvalue weighted by molar-refractivity contribution is -0.139. The van der Waals surface area contributed by atoms with Crippen LogP contribution in [0.5, 0.6) is 0 Å². The van der Waals surface area contributed by atoms with E-state index in [-0.39, 0.29) is 24.2 Å². The first kappa shape index (κ1) is 27.7. The average molecular weight is 539 g/mol. The van der Waals surface area contributed by atoms with E-state index in [1.165, 1.54) is 0 Å². The number of aliphatic hydroxyl groups is 1. The van der Waals surface area contributed by atoms with E-state index in [1.807, 2.05) is 0 Å². The maximum absolute atomic E-state index is 12.2. The normalized spacial score (nSPS) is 24.7. The van der Waals surface area contributed by atoms with Crippen LogP contribution in [0.3, 0.4) is 0 Å². The van der Waals surface area contributed by atoms with Gasteiger partial charge in [0.1, 0.15) is 18.1 Å².